The van der Waals surface area contributed by atoms with E-state index in [1.54, 1.807) is 33.5 Å². The molecule has 0 spiro atoms. The number of benzene rings is 1. The average Bonchev–Trinajstić information content (AvgIpc) is 2.61. The molecular formula is C23H35N3. The van der Waals surface area contributed by atoms with Gasteiger partial charge in [0.25, 0.3) is 0 Å². The molecule has 3 nitrogen and oxygen atoms in total. The fourth-order valence-corrected chi connectivity index (χ4v) is 5.04. The first-order valence-electron chi connectivity index (χ1n) is 10.6. The number of anilines is 1. The Morgan fingerprint density at radius 2 is 1.92 bits per heavy atom. The fraction of sp³-hybridized carbons (Fsp3) is 0.652. The summed E-state index contributed by atoms with van der Waals surface area (Å²) in [5.41, 5.74) is 9.54. The molecule has 0 aliphatic carbocycles. The monoisotopic (exact) mass is 353 g/mol. The van der Waals surface area contributed by atoms with Crippen molar-refractivity contribution in [2.24, 2.45) is 5.92 Å². The summed E-state index contributed by atoms with van der Waals surface area (Å²) in [7, 11) is 0. The van der Waals surface area contributed by atoms with Crippen LogP contribution in [0.1, 0.15) is 50.3 Å². The molecule has 0 radical (unpaired) electrons. The van der Waals surface area contributed by atoms with Gasteiger partial charge >= 0.3 is 0 Å². The number of nitrogens with zero attached hydrogens (tertiary/aromatic N) is 2. The number of hydrogen-bond acceptors (Lipinski definition) is 3. The Morgan fingerprint density at radius 3 is 2.69 bits per heavy atom. The zero-order valence-corrected chi connectivity index (χ0v) is 16.9. The molecule has 1 saturated heterocycles. The first-order chi connectivity index (χ1) is 12.6. The van der Waals surface area contributed by atoms with Crippen LogP contribution < -0.4 is 10.2 Å². The zero-order chi connectivity index (χ0) is 18.1. The molecule has 142 valence electrons. The smallest absolute Gasteiger partial charge is 0.0478 e. The second-order valence-electron chi connectivity index (χ2n) is 8.87. The van der Waals surface area contributed by atoms with Gasteiger partial charge in [0.1, 0.15) is 0 Å². The van der Waals surface area contributed by atoms with Crippen LogP contribution in [-0.2, 0) is 12.8 Å². The van der Waals surface area contributed by atoms with E-state index in [0.29, 0.717) is 0 Å². The Kier molecular flexibility index (Phi) is 5.37. The highest BCUT2D eigenvalue weighted by molar-refractivity contribution is 5.85. The number of piperazine rings is 1. The maximum atomic E-state index is 3.47. The minimum atomic E-state index is 0.720. The highest BCUT2D eigenvalue weighted by Gasteiger charge is 2.28. The predicted octanol–water partition coefficient (Wildman–Crippen LogP) is 3.72. The van der Waals surface area contributed by atoms with Gasteiger partial charge in [0.2, 0.25) is 0 Å². The van der Waals surface area contributed by atoms with Crippen LogP contribution in [0.4, 0.5) is 5.69 Å². The van der Waals surface area contributed by atoms with Crippen molar-refractivity contribution in [2.75, 3.05) is 50.7 Å². The molecule has 0 bridgehead atoms. The van der Waals surface area contributed by atoms with E-state index < -0.39 is 0 Å². The highest BCUT2D eigenvalue weighted by Crippen LogP contribution is 2.42. The van der Waals surface area contributed by atoms with Crippen molar-refractivity contribution < 1.29 is 0 Å². The lowest BCUT2D eigenvalue weighted by molar-refractivity contribution is 0.246. The maximum absolute atomic E-state index is 3.47. The van der Waals surface area contributed by atoms with Crippen molar-refractivity contribution >= 4 is 11.3 Å². The Balaban J connectivity index is 1.64. The van der Waals surface area contributed by atoms with Crippen LogP contribution in [0.5, 0.6) is 0 Å². The predicted molar refractivity (Wildman–Crippen MR) is 112 cm³/mol. The van der Waals surface area contributed by atoms with Crippen molar-refractivity contribution in [1.29, 1.82) is 0 Å². The van der Waals surface area contributed by atoms with Gasteiger partial charge in [-0.1, -0.05) is 25.5 Å². The molecule has 4 rings (SSSR count). The normalized spacial score (nSPS) is 20.7. The number of nitrogens with one attached hydrogen (secondary N) is 1. The molecule has 3 heterocycles. The minimum Gasteiger partial charge on any atom is -0.367 e. The molecule has 0 unspecified atom stereocenters. The largest absolute Gasteiger partial charge is 0.367 e. The van der Waals surface area contributed by atoms with E-state index >= 15 is 0 Å². The van der Waals surface area contributed by atoms with Crippen LogP contribution in [0.15, 0.2) is 17.7 Å². The Hall–Kier alpha value is -1.32. The van der Waals surface area contributed by atoms with E-state index in [1.165, 1.54) is 51.9 Å². The van der Waals surface area contributed by atoms with Gasteiger partial charge in [-0.15, -0.1) is 0 Å². The quantitative estimate of drug-likeness (QED) is 0.870. The van der Waals surface area contributed by atoms with Gasteiger partial charge in [0, 0.05) is 57.1 Å². The summed E-state index contributed by atoms with van der Waals surface area (Å²) in [5, 5.41) is 3.47. The molecule has 0 amide bonds. The molecule has 0 aromatic heterocycles. The van der Waals surface area contributed by atoms with E-state index in [9.17, 15) is 0 Å². The SMILES string of the molecule is CC1=C(CCN2CCNCC2)c2cc(CC(C)C)cc3c2N(CCC3)C1. The molecule has 1 fully saturated rings. The standard InChI is InChI=1S/C23H35N3/c1-17(2)13-19-14-20-5-4-9-26-16-18(3)21(22(15-19)23(20)26)6-10-25-11-7-24-8-12-25/h14-15,17,24H,4-13,16H2,1-3H3. The third kappa shape index (κ3) is 3.70. The molecule has 3 aliphatic heterocycles. The van der Waals surface area contributed by atoms with Gasteiger partial charge in [0.15, 0.2) is 0 Å². The summed E-state index contributed by atoms with van der Waals surface area (Å²) < 4.78 is 0. The summed E-state index contributed by atoms with van der Waals surface area (Å²) in [6, 6.07) is 5.05. The van der Waals surface area contributed by atoms with Crippen LogP contribution in [0.25, 0.3) is 5.57 Å². The summed E-state index contributed by atoms with van der Waals surface area (Å²) in [5.74, 6) is 0.720. The summed E-state index contributed by atoms with van der Waals surface area (Å²) in [6.07, 6.45) is 4.97. The molecule has 3 aliphatic rings. The van der Waals surface area contributed by atoms with Crippen LogP contribution in [0.3, 0.4) is 0 Å². The maximum Gasteiger partial charge on any atom is 0.0478 e. The van der Waals surface area contributed by atoms with Gasteiger partial charge in [0.05, 0.1) is 0 Å². The van der Waals surface area contributed by atoms with Crippen LogP contribution in [0, 0.1) is 5.92 Å². The third-order valence-corrected chi connectivity index (χ3v) is 6.24. The molecular weight excluding hydrogens is 318 g/mol. The Labute approximate surface area is 159 Å². The van der Waals surface area contributed by atoms with E-state index in [1.807, 2.05) is 0 Å². The number of aryl methyl sites for hydroxylation is 1. The van der Waals surface area contributed by atoms with Gasteiger partial charge < -0.3 is 15.1 Å². The van der Waals surface area contributed by atoms with Crippen molar-refractivity contribution in [3.63, 3.8) is 0 Å². The van der Waals surface area contributed by atoms with E-state index in [0.717, 1.165) is 25.6 Å². The first-order valence-corrected chi connectivity index (χ1v) is 10.6. The van der Waals surface area contributed by atoms with Gasteiger partial charge in [-0.2, -0.15) is 0 Å². The Bertz CT molecular complexity index is 683. The molecule has 3 heteroatoms. The van der Waals surface area contributed by atoms with Crippen molar-refractivity contribution in [1.82, 2.24) is 10.2 Å². The average molecular weight is 354 g/mol. The topological polar surface area (TPSA) is 18.5 Å². The third-order valence-electron chi connectivity index (χ3n) is 6.24. The second kappa shape index (κ2) is 7.74. The van der Waals surface area contributed by atoms with E-state index in [-0.39, 0.29) is 0 Å². The lowest BCUT2D eigenvalue weighted by atomic mass is 9.84. The minimum absolute atomic E-state index is 0.720. The molecule has 1 aromatic carbocycles. The molecule has 1 N–H and O–H groups in total. The highest BCUT2D eigenvalue weighted by atomic mass is 15.2. The lowest BCUT2D eigenvalue weighted by Crippen LogP contribution is -2.44. The molecule has 0 atom stereocenters. The zero-order valence-electron chi connectivity index (χ0n) is 16.9. The summed E-state index contributed by atoms with van der Waals surface area (Å²) in [4.78, 5) is 5.28. The van der Waals surface area contributed by atoms with Crippen LogP contribution >= 0.6 is 0 Å². The van der Waals surface area contributed by atoms with Gasteiger partial charge in [-0.3, -0.25) is 0 Å². The summed E-state index contributed by atoms with van der Waals surface area (Å²) >= 11 is 0. The van der Waals surface area contributed by atoms with Gasteiger partial charge in [-0.05, 0) is 61.3 Å². The van der Waals surface area contributed by atoms with Gasteiger partial charge in [-0.25, -0.2) is 0 Å². The van der Waals surface area contributed by atoms with Crippen LogP contribution in [0.2, 0.25) is 0 Å². The van der Waals surface area contributed by atoms with E-state index in [2.05, 4.69) is 48.0 Å². The fourth-order valence-electron chi connectivity index (χ4n) is 5.04. The molecule has 0 saturated carbocycles. The molecule has 26 heavy (non-hydrogen) atoms. The number of hydrogen-bond donors (Lipinski definition) is 1. The van der Waals surface area contributed by atoms with E-state index in [4.69, 9.17) is 0 Å². The molecule has 1 aromatic rings. The van der Waals surface area contributed by atoms with Crippen molar-refractivity contribution in [3.8, 4) is 0 Å². The first kappa shape index (κ1) is 18.1. The second-order valence-corrected chi connectivity index (χ2v) is 8.87. The lowest BCUT2D eigenvalue weighted by Gasteiger charge is -2.39. The van der Waals surface area contributed by atoms with Crippen LogP contribution in [-0.4, -0.2) is 50.7 Å². The summed E-state index contributed by atoms with van der Waals surface area (Å²) in [6.45, 7) is 15.3. The Morgan fingerprint density at radius 1 is 1.12 bits per heavy atom. The van der Waals surface area contributed by atoms with Crippen molar-refractivity contribution in [2.45, 2.75) is 46.5 Å². The van der Waals surface area contributed by atoms with Crippen molar-refractivity contribution in [3.05, 3.63) is 34.4 Å². The number of rotatable bonds is 5.